The summed E-state index contributed by atoms with van der Waals surface area (Å²) in [6.07, 6.45) is -6.82. The molecule has 4 rings (SSSR count). The van der Waals surface area contributed by atoms with Crippen LogP contribution < -0.4 is 15.5 Å². The molecule has 2 aromatic rings. The van der Waals surface area contributed by atoms with E-state index in [9.17, 15) is 27.6 Å². The molecular formula is C31H37ClF5N5O5. The number of carbonyl (C=O) groups is 3. The maximum atomic E-state index is 15.1. The van der Waals surface area contributed by atoms with Gasteiger partial charge < -0.3 is 29.9 Å². The van der Waals surface area contributed by atoms with Crippen molar-refractivity contribution in [2.75, 3.05) is 62.6 Å². The first-order valence-electron chi connectivity index (χ1n) is 15.0. The number of benzene rings is 2. The summed E-state index contributed by atoms with van der Waals surface area (Å²) in [4.78, 5) is 43.0. The number of nitrogens with one attached hydrogen (secondary N) is 2. The Morgan fingerprint density at radius 3 is 2.36 bits per heavy atom. The molecule has 2 N–H and O–H groups in total. The molecule has 3 amide bonds. The Labute approximate surface area is 274 Å². The molecular weight excluding hydrogens is 653 g/mol. The first-order valence-corrected chi connectivity index (χ1v) is 15.4. The van der Waals surface area contributed by atoms with E-state index in [4.69, 9.17) is 21.1 Å². The molecule has 16 heteroatoms. The standard InChI is InChI=1S/C31H37ClF5N5O5/c1-30(2,3)47-29(45)42-14-15-46-24(18-42)28(44)38-17-19-4-6-21(26(34)25(19)33)27(43)39-22-7-5-20(32)16-23(22)41-12-10-40(11-13-41)9-8-31(35,36)37/h4-7,16,24H,8-15,17-18H2,1-3H3,(H,38,44)(H,39,43)/t24-/m0/s1. The zero-order valence-corrected chi connectivity index (χ0v) is 26.9. The van der Waals surface area contributed by atoms with Crippen molar-refractivity contribution in [2.24, 2.45) is 0 Å². The van der Waals surface area contributed by atoms with Crippen molar-refractivity contribution in [3.8, 4) is 0 Å². The number of alkyl halides is 3. The van der Waals surface area contributed by atoms with Crippen molar-refractivity contribution in [2.45, 2.75) is 51.6 Å². The summed E-state index contributed by atoms with van der Waals surface area (Å²) in [5.74, 6) is -4.34. The first kappa shape index (κ1) is 36.2. The van der Waals surface area contributed by atoms with E-state index in [1.54, 1.807) is 31.7 Å². The fourth-order valence-electron chi connectivity index (χ4n) is 5.06. The summed E-state index contributed by atoms with van der Waals surface area (Å²) < 4.78 is 78.9. The molecule has 2 fully saturated rings. The van der Waals surface area contributed by atoms with Crippen LogP contribution in [0.2, 0.25) is 5.02 Å². The SMILES string of the molecule is CC(C)(C)OC(=O)N1CCO[C@H](C(=O)NCc2ccc(C(=O)Nc3ccc(Cl)cc3N3CCN(CCC(F)(F)F)CC3)c(F)c2F)C1. The van der Waals surface area contributed by atoms with E-state index in [2.05, 4.69) is 10.6 Å². The van der Waals surface area contributed by atoms with Gasteiger partial charge in [-0.3, -0.25) is 14.5 Å². The van der Waals surface area contributed by atoms with Crippen LogP contribution in [0.5, 0.6) is 0 Å². The van der Waals surface area contributed by atoms with Crippen LogP contribution in [0.3, 0.4) is 0 Å². The van der Waals surface area contributed by atoms with Crippen molar-refractivity contribution >= 4 is 40.9 Å². The van der Waals surface area contributed by atoms with Crippen molar-refractivity contribution < 1.29 is 45.8 Å². The third-order valence-electron chi connectivity index (χ3n) is 7.50. The van der Waals surface area contributed by atoms with Gasteiger partial charge in [-0.15, -0.1) is 0 Å². The van der Waals surface area contributed by atoms with Crippen LogP contribution in [-0.2, 0) is 20.8 Å². The average Bonchev–Trinajstić information content (AvgIpc) is 3.00. The molecule has 2 heterocycles. The van der Waals surface area contributed by atoms with Gasteiger partial charge in [0.1, 0.15) is 5.60 Å². The number of ether oxygens (including phenoxy) is 2. The second-order valence-corrected chi connectivity index (χ2v) is 12.6. The van der Waals surface area contributed by atoms with Crippen molar-refractivity contribution in [3.05, 3.63) is 58.1 Å². The molecule has 47 heavy (non-hydrogen) atoms. The number of rotatable bonds is 8. The largest absolute Gasteiger partial charge is 0.444 e. The van der Waals surface area contributed by atoms with Gasteiger partial charge >= 0.3 is 12.3 Å². The molecule has 1 atom stereocenters. The summed E-state index contributed by atoms with van der Waals surface area (Å²) in [5, 5.41) is 5.40. The maximum Gasteiger partial charge on any atom is 0.410 e. The highest BCUT2D eigenvalue weighted by molar-refractivity contribution is 6.31. The summed E-state index contributed by atoms with van der Waals surface area (Å²) in [6.45, 7) is 6.24. The normalized spacial score (nSPS) is 17.8. The van der Waals surface area contributed by atoms with E-state index >= 15 is 8.78 Å². The Hall–Kier alpha value is -3.69. The van der Waals surface area contributed by atoms with Gasteiger partial charge in [0.15, 0.2) is 17.7 Å². The number of morpholine rings is 1. The second-order valence-electron chi connectivity index (χ2n) is 12.2. The molecule has 258 valence electrons. The van der Waals surface area contributed by atoms with Gasteiger partial charge in [0.2, 0.25) is 0 Å². The smallest absolute Gasteiger partial charge is 0.410 e. The molecule has 2 aliphatic rings. The minimum Gasteiger partial charge on any atom is -0.444 e. The molecule has 0 unspecified atom stereocenters. The molecule has 2 aromatic carbocycles. The summed E-state index contributed by atoms with van der Waals surface area (Å²) >= 11 is 6.18. The first-order chi connectivity index (χ1) is 22.0. The Morgan fingerprint density at radius 1 is 1.00 bits per heavy atom. The van der Waals surface area contributed by atoms with E-state index in [0.717, 1.165) is 6.07 Å². The van der Waals surface area contributed by atoms with E-state index in [1.165, 1.54) is 23.1 Å². The van der Waals surface area contributed by atoms with Crippen molar-refractivity contribution in [1.82, 2.24) is 15.1 Å². The quantitative estimate of drug-likeness (QED) is 0.368. The third kappa shape index (κ3) is 10.1. The van der Waals surface area contributed by atoms with Crippen LogP contribution in [0.15, 0.2) is 30.3 Å². The van der Waals surface area contributed by atoms with Crippen LogP contribution >= 0.6 is 11.6 Å². The predicted octanol–water partition coefficient (Wildman–Crippen LogP) is 5.20. The predicted molar refractivity (Wildman–Crippen MR) is 164 cm³/mol. The Kier molecular flexibility index (Phi) is 11.6. The van der Waals surface area contributed by atoms with Gasteiger partial charge in [-0.2, -0.15) is 13.2 Å². The van der Waals surface area contributed by atoms with Gasteiger partial charge in [-0.25, -0.2) is 13.6 Å². The number of hydrogen-bond acceptors (Lipinski definition) is 7. The Bertz CT molecular complexity index is 1460. The highest BCUT2D eigenvalue weighted by atomic mass is 35.5. The number of amides is 3. The molecule has 10 nitrogen and oxygen atoms in total. The van der Waals surface area contributed by atoms with E-state index in [0.29, 0.717) is 36.9 Å². The highest BCUT2D eigenvalue weighted by Gasteiger charge is 2.32. The summed E-state index contributed by atoms with van der Waals surface area (Å²) in [6, 6.07) is 6.84. The fraction of sp³-hybridized carbons (Fsp3) is 0.516. The maximum absolute atomic E-state index is 15.1. The van der Waals surface area contributed by atoms with Crippen LogP contribution in [0, 0.1) is 11.6 Å². The van der Waals surface area contributed by atoms with Gasteiger partial charge in [0.25, 0.3) is 11.8 Å². The van der Waals surface area contributed by atoms with Gasteiger partial charge in [0, 0.05) is 56.4 Å². The zero-order chi connectivity index (χ0) is 34.5. The van der Waals surface area contributed by atoms with Crippen LogP contribution in [0.1, 0.15) is 43.1 Å². The lowest BCUT2D eigenvalue weighted by molar-refractivity contribution is -0.138. The number of anilines is 2. The topological polar surface area (TPSA) is 103 Å². The summed E-state index contributed by atoms with van der Waals surface area (Å²) in [7, 11) is 0. The zero-order valence-electron chi connectivity index (χ0n) is 26.2. The third-order valence-corrected chi connectivity index (χ3v) is 7.74. The van der Waals surface area contributed by atoms with Crippen LogP contribution in [0.4, 0.5) is 38.1 Å². The van der Waals surface area contributed by atoms with E-state index in [-0.39, 0.29) is 37.5 Å². The van der Waals surface area contributed by atoms with Gasteiger partial charge in [-0.05, 0) is 45.0 Å². The Morgan fingerprint density at radius 2 is 1.70 bits per heavy atom. The van der Waals surface area contributed by atoms with Crippen LogP contribution in [0.25, 0.3) is 0 Å². The lowest BCUT2D eigenvalue weighted by Gasteiger charge is -2.37. The average molecular weight is 690 g/mol. The van der Waals surface area contributed by atoms with E-state index in [1.807, 2.05) is 4.90 Å². The Balaban J connectivity index is 1.37. The number of nitrogens with zero attached hydrogens (tertiary/aromatic N) is 3. The monoisotopic (exact) mass is 689 g/mol. The minimum absolute atomic E-state index is 0.0810. The van der Waals surface area contributed by atoms with E-state index < -0.39 is 66.0 Å². The number of piperazine rings is 1. The molecule has 2 aliphatic heterocycles. The molecule has 2 saturated heterocycles. The molecule has 0 aromatic heterocycles. The molecule has 0 spiro atoms. The van der Waals surface area contributed by atoms with Crippen LogP contribution in [-0.4, -0.2) is 98.0 Å². The summed E-state index contributed by atoms with van der Waals surface area (Å²) in [5.41, 5.74) is -0.791. The number of halogens is 6. The lowest BCUT2D eigenvalue weighted by Crippen LogP contribution is -2.52. The highest BCUT2D eigenvalue weighted by Crippen LogP contribution is 2.31. The van der Waals surface area contributed by atoms with Crippen molar-refractivity contribution in [3.63, 3.8) is 0 Å². The molecule has 0 bridgehead atoms. The van der Waals surface area contributed by atoms with Gasteiger partial charge in [-0.1, -0.05) is 17.7 Å². The molecule has 0 saturated carbocycles. The fourth-order valence-corrected chi connectivity index (χ4v) is 5.22. The minimum atomic E-state index is -4.25. The number of carbonyl (C=O) groups excluding carboxylic acids is 3. The molecule has 0 aliphatic carbocycles. The number of hydrogen-bond donors (Lipinski definition) is 2. The van der Waals surface area contributed by atoms with Gasteiger partial charge in [0.05, 0.1) is 36.5 Å². The van der Waals surface area contributed by atoms with Crippen molar-refractivity contribution in [1.29, 1.82) is 0 Å². The second kappa shape index (κ2) is 15.0. The molecule has 0 radical (unpaired) electrons. The lowest BCUT2D eigenvalue weighted by atomic mass is 10.1.